The van der Waals surface area contributed by atoms with Gasteiger partial charge in [-0.05, 0) is 35.7 Å². The van der Waals surface area contributed by atoms with E-state index >= 15 is 0 Å². The molecular formula is C28H31N9O2. The zero-order valence-electron chi connectivity index (χ0n) is 22.3. The fraction of sp³-hybridized carbons (Fsp3) is 0.321. The molecule has 200 valence electrons. The smallest absolute Gasteiger partial charge is 0.248 e. The number of amides is 1. The molecule has 0 atom stereocenters. The van der Waals surface area contributed by atoms with Crippen molar-refractivity contribution in [1.82, 2.24) is 39.0 Å². The summed E-state index contributed by atoms with van der Waals surface area (Å²) in [5.41, 5.74) is 12.3. The van der Waals surface area contributed by atoms with Crippen LogP contribution in [0.1, 0.15) is 41.4 Å². The van der Waals surface area contributed by atoms with Crippen LogP contribution in [0.3, 0.4) is 0 Å². The number of carbonyl (C=O) groups excluding carboxylic acids is 1. The van der Waals surface area contributed by atoms with Crippen molar-refractivity contribution < 1.29 is 9.53 Å². The van der Waals surface area contributed by atoms with Crippen LogP contribution in [0.25, 0.3) is 33.7 Å². The molecule has 11 nitrogen and oxygen atoms in total. The van der Waals surface area contributed by atoms with Gasteiger partial charge in [0.1, 0.15) is 0 Å². The Morgan fingerprint density at radius 1 is 1.10 bits per heavy atom. The van der Waals surface area contributed by atoms with Gasteiger partial charge < -0.3 is 15.0 Å². The molecule has 0 unspecified atom stereocenters. The number of rotatable bonds is 7. The van der Waals surface area contributed by atoms with E-state index in [1.807, 2.05) is 53.2 Å². The highest BCUT2D eigenvalue weighted by molar-refractivity contribution is 5.93. The molecule has 0 radical (unpaired) electrons. The van der Waals surface area contributed by atoms with Gasteiger partial charge in [-0.15, -0.1) is 0 Å². The molecule has 39 heavy (non-hydrogen) atoms. The van der Waals surface area contributed by atoms with Crippen LogP contribution in [0, 0.1) is 0 Å². The molecule has 11 heteroatoms. The van der Waals surface area contributed by atoms with Gasteiger partial charge in [-0.3, -0.25) is 14.4 Å². The molecule has 5 heterocycles. The number of nitrogens with two attached hydrogens (primary N) is 1. The number of imidazole rings is 1. The first kappa shape index (κ1) is 25.0. The van der Waals surface area contributed by atoms with Crippen LogP contribution in [0.4, 0.5) is 0 Å². The lowest BCUT2D eigenvalue weighted by Crippen LogP contribution is -2.36. The van der Waals surface area contributed by atoms with Gasteiger partial charge >= 0.3 is 0 Å². The van der Waals surface area contributed by atoms with Gasteiger partial charge in [0.15, 0.2) is 5.65 Å². The van der Waals surface area contributed by atoms with Crippen molar-refractivity contribution in [3.63, 3.8) is 0 Å². The standard InChI is InChI=1S/C28H31N9O2/c1-18(2)26-25-24(36-16-22(31-17-36)21-13-32-34(3)14-21)6-7-30-28(25)37(33-26)23-5-4-19(27(29)38)12-20(23)15-35-8-10-39-11-9-35/h4-7,12-14,16-18H,8-11,15H2,1-3H3,(H2,29,38). The van der Waals surface area contributed by atoms with E-state index in [2.05, 4.69) is 28.8 Å². The molecule has 6 rings (SSSR count). The molecule has 1 aromatic carbocycles. The van der Waals surface area contributed by atoms with Crippen LogP contribution >= 0.6 is 0 Å². The lowest BCUT2D eigenvalue weighted by Gasteiger charge is -2.27. The fourth-order valence-corrected chi connectivity index (χ4v) is 5.07. The summed E-state index contributed by atoms with van der Waals surface area (Å²) in [5, 5.41) is 10.3. The average Bonchev–Trinajstić information content (AvgIpc) is 3.67. The summed E-state index contributed by atoms with van der Waals surface area (Å²) in [6.45, 7) is 7.91. The van der Waals surface area contributed by atoms with Crippen LogP contribution < -0.4 is 5.73 Å². The number of aromatic nitrogens is 7. The number of hydrogen-bond donors (Lipinski definition) is 1. The Balaban J connectivity index is 1.50. The minimum Gasteiger partial charge on any atom is -0.379 e. The molecular weight excluding hydrogens is 494 g/mol. The third kappa shape index (κ3) is 4.70. The van der Waals surface area contributed by atoms with Gasteiger partial charge in [-0.1, -0.05) is 13.8 Å². The summed E-state index contributed by atoms with van der Waals surface area (Å²) in [6.07, 6.45) is 9.35. The number of carbonyl (C=O) groups is 1. The molecule has 0 spiro atoms. The highest BCUT2D eigenvalue weighted by atomic mass is 16.5. The van der Waals surface area contributed by atoms with Gasteiger partial charge in [0.25, 0.3) is 0 Å². The number of morpholine rings is 1. The molecule has 1 amide bonds. The van der Waals surface area contributed by atoms with Gasteiger partial charge in [-0.2, -0.15) is 10.2 Å². The summed E-state index contributed by atoms with van der Waals surface area (Å²) >= 11 is 0. The Labute approximate surface area is 225 Å². The van der Waals surface area contributed by atoms with Crippen molar-refractivity contribution in [3.8, 4) is 22.6 Å². The lowest BCUT2D eigenvalue weighted by molar-refractivity contribution is 0.0341. The van der Waals surface area contributed by atoms with Gasteiger partial charge in [-0.25, -0.2) is 14.6 Å². The van der Waals surface area contributed by atoms with Crippen molar-refractivity contribution in [2.24, 2.45) is 12.8 Å². The van der Waals surface area contributed by atoms with E-state index in [4.69, 9.17) is 20.6 Å². The van der Waals surface area contributed by atoms with E-state index in [1.165, 1.54) is 0 Å². The molecule has 5 aromatic rings. The van der Waals surface area contributed by atoms with Gasteiger partial charge in [0.05, 0.1) is 53.9 Å². The minimum atomic E-state index is -0.456. The largest absolute Gasteiger partial charge is 0.379 e. The van der Waals surface area contributed by atoms with Crippen molar-refractivity contribution in [3.05, 3.63) is 72.2 Å². The van der Waals surface area contributed by atoms with Crippen LogP contribution in [0.15, 0.2) is 55.4 Å². The Morgan fingerprint density at radius 2 is 1.92 bits per heavy atom. The normalized spacial score (nSPS) is 14.5. The van der Waals surface area contributed by atoms with Gasteiger partial charge in [0.2, 0.25) is 5.91 Å². The predicted octanol–water partition coefficient (Wildman–Crippen LogP) is 3.06. The predicted molar refractivity (Wildman–Crippen MR) is 147 cm³/mol. The molecule has 1 fully saturated rings. The highest BCUT2D eigenvalue weighted by Gasteiger charge is 2.23. The molecule has 1 aliphatic heterocycles. The van der Waals surface area contributed by atoms with E-state index in [1.54, 1.807) is 23.1 Å². The number of pyridine rings is 1. The van der Waals surface area contributed by atoms with E-state index in [9.17, 15) is 4.79 Å². The second-order valence-electron chi connectivity index (χ2n) is 10.1. The van der Waals surface area contributed by atoms with Crippen molar-refractivity contribution in [2.75, 3.05) is 26.3 Å². The number of nitrogens with zero attached hydrogens (tertiary/aromatic N) is 8. The second-order valence-corrected chi connectivity index (χ2v) is 10.1. The average molecular weight is 526 g/mol. The molecule has 1 saturated heterocycles. The minimum absolute atomic E-state index is 0.144. The first-order valence-corrected chi connectivity index (χ1v) is 13.0. The number of ether oxygens (including phenoxy) is 1. The topological polar surface area (TPSA) is 122 Å². The molecule has 0 aliphatic carbocycles. The number of aryl methyl sites for hydroxylation is 1. The number of fused-ring (bicyclic) bond motifs is 1. The summed E-state index contributed by atoms with van der Waals surface area (Å²) in [4.78, 5) is 23.8. The molecule has 0 saturated carbocycles. The van der Waals surface area contributed by atoms with Crippen molar-refractivity contribution in [1.29, 1.82) is 0 Å². The fourth-order valence-electron chi connectivity index (χ4n) is 5.07. The Bertz CT molecular complexity index is 1660. The monoisotopic (exact) mass is 525 g/mol. The number of benzene rings is 1. The zero-order chi connectivity index (χ0) is 27.1. The van der Waals surface area contributed by atoms with E-state index in [-0.39, 0.29) is 5.92 Å². The third-order valence-electron chi connectivity index (χ3n) is 7.07. The first-order chi connectivity index (χ1) is 18.9. The summed E-state index contributed by atoms with van der Waals surface area (Å²) in [6, 6.07) is 7.52. The summed E-state index contributed by atoms with van der Waals surface area (Å²) in [7, 11) is 1.89. The molecule has 4 aromatic heterocycles. The van der Waals surface area contributed by atoms with E-state index < -0.39 is 5.91 Å². The number of hydrogen-bond acceptors (Lipinski definition) is 7. The highest BCUT2D eigenvalue weighted by Crippen LogP contribution is 2.33. The molecule has 0 bridgehead atoms. The summed E-state index contributed by atoms with van der Waals surface area (Å²) in [5.74, 6) is -0.312. The van der Waals surface area contributed by atoms with Crippen LogP contribution in [0.2, 0.25) is 0 Å². The Hall–Kier alpha value is -4.35. The second kappa shape index (κ2) is 10.1. The van der Waals surface area contributed by atoms with Gasteiger partial charge in [0, 0.05) is 56.4 Å². The van der Waals surface area contributed by atoms with Crippen molar-refractivity contribution >= 4 is 16.9 Å². The van der Waals surface area contributed by atoms with Crippen molar-refractivity contribution in [2.45, 2.75) is 26.3 Å². The quantitative estimate of drug-likeness (QED) is 0.347. The maximum Gasteiger partial charge on any atom is 0.248 e. The summed E-state index contributed by atoms with van der Waals surface area (Å²) < 4.78 is 11.2. The zero-order valence-corrected chi connectivity index (χ0v) is 22.3. The van der Waals surface area contributed by atoms with E-state index in [0.717, 1.165) is 58.0 Å². The third-order valence-corrected chi connectivity index (χ3v) is 7.07. The van der Waals surface area contributed by atoms with Crippen LogP contribution in [0.5, 0.6) is 0 Å². The Morgan fingerprint density at radius 3 is 2.64 bits per heavy atom. The molecule has 1 aliphatic rings. The van der Waals surface area contributed by atoms with Crippen LogP contribution in [-0.2, 0) is 18.3 Å². The Kier molecular flexibility index (Phi) is 6.45. The maximum absolute atomic E-state index is 12.0. The first-order valence-electron chi connectivity index (χ1n) is 13.0. The SMILES string of the molecule is CC(C)c1nn(-c2ccc(C(N)=O)cc2CN2CCOCC2)c2nccc(-n3cnc(-c4cnn(C)c4)c3)c12. The van der Waals surface area contributed by atoms with Crippen LogP contribution in [-0.4, -0.2) is 71.2 Å². The maximum atomic E-state index is 12.0. The molecule has 2 N–H and O–H groups in total. The van der Waals surface area contributed by atoms with E-state index in [0.29, 0.717) is 25.3 Å². The lowest BCUT2D eigenvalue weighted by atomic mass is 10.1. The number of primary amides is 1.